The molecule has 162 valence electrons. The van der Waals surface area contributed by atoms with Crippen molar-refractivity contribution in [1.29, 1.82) is 0 Å². The minimum absolute atomic E-state index is 0.498. The Balaban J connectivity index is 1.93. The number of nitrogens with zero attached hydrogens (tertiary/aromatic N) is 2. The molecule has 4 aromatic carbocycles. The van der Waals surface area contributed by atoms with Crippen LogP contribution in [-0.2, 0) is 0 Å². The molecule has 5 rings (SSSR count). The van der Waals surface area contributed by atoms with Crippen LogP contribution in [0.2, 0.25) is 20.1 Å². The zero-order valence-electron chi connectivity index (χ0n) is 17.1. The normalized spacial score (nSPS) is 11.0. The number of halogens is 4. The van der Waals surface area contributed by atoms with Crippen LogP contribution in [0.5, 0.6) is 0 Å². The highest BCUT2D eigenvalue weighted by molar-refractivity contribution is 6.37. The quantitative estimate of drug-likeness (QED) is 0.236. The van der Waals surface area contributed by atoms with E-state index in [9.17, 15) is 0 Å². The summed E-state index contributed by atoms with van der Waals surface area (Å²) < 4.78 is 2.03. The van der Waals surface area contributed by atoms with Gasteiger partial charge >= 0.3 is 0 Å². The van der Waals surface area contributed by atoms with Crippen LogP contribution in [-0.4, -0.2) is 9.55 Å². The van der Waals surface area contributed by atoms with Crippen LogP contribution in [0.25, 0.3) is 39.6 Å². The van der Waals surface area contributed by atoms with Crippen molar-refractivity contribution >= 4 is 46.4 Å². The Hall–Kier alpha value is -2.75. The molecule has 0 aliphatic rings. The second-order valence-corrected chi connectivity index (χ2v) is 9.11. The summed E-state index contributed by atoms with van der Waals surface area (Å²) in [6.45, 7) is 0. The maximum atomic E-state index is 6.72. The fourth-order valence-corrected chi connectivity index (χ4v) is 4.81. The molecular formula is C27H16Cl4N2. The van der Waals surface area contributed by atoms with Crippen LogP contribution in [0.3, 0.4) is 0 Å². The topological polar surface area (TPSA) is 17.8 Å². The van der Waals surface area contributed by atoms with Gasteiger partial charge in [0, 0.05) is 26.7 Å². The predicted octanol–water partition coefficient (Wildman–Crippen LogP) is 9.49. The highest BCUT2D eigenvalue weighted by Crippen LogP contribution is 2.42. The van der Waals surface area contributed by atoms with E-state index >= 15 is 0 Å². The smallest absolute Gasteiger partial charge is 0.147 e. The van der Waals surface area contributed by atoms with Gasteiger partial charge in [0.15, 0.2) is 0 Å². The number of hydrogen-bond acceptors (Lipinski definition) is 1. The Labute approximate surface area is 212 Å². The number of hydrogen-bond donors (Lipinski definition) is 0. The molecule has 0 aliphatic heterocycles. The molecule has 0 N–H and O–H groups in total. The molecule has 0 fully saturated rings. The molecular weight excluding hydrogens is 494 g/mol. The van der Waals surface area contributed by atoms with Crippen molar-refractivity contribution in [2.45, 2.75) is 0 Å². The molecule has 2 nitrogen and oxygen atoms in total. The van der Waals surface area contributed by atoms with Gasteiger partial charge in [-0.3, -0.25) is 4.57 Å². The van der Waals surface area contributed by atoms with Gasteiger partial charge in [0.1, 0.15) is 5.82 Å². The largest absolute Gasteiger partial charge is 0.290 e. The van der Waals surface area contributed by atoms with Crippen molar-refractivity contribution in [3.63, 3.8) is 0 Å². The van der Waals surface area contributed by atoms with Crippen molar-refractivity contribution in [3.05, 3.63) is 117 Å². The van der Waals surface area contributed by atoms with E-state index in [1.807, 2.05) is 71.3 Å². The van der Waals surface area contributed by atoms with Gasteiger partial charge in [0.25, 0.3) is 0 Å². The van der Waals surface area contributed by atoms with Crippen LogP contribution in [0.15, 0.2) is 97.1 Å². The fourth-order valence-electron chi connectivity index (χ4n) is 3.83. The van der Waals surface area contributed by atoms with Gasteiger partial charge in [-0.1, -0.05) is 107 Å². The van der Waals surface area contributed by atoms with Crippen LogP contribution >= 0.6 is 46.4 Å². The van der Waals surface area contributed by atoms with Gasteiger partial charge in [0.05, 0.1) is 27.1 Å². The zero-order valence-corrected chi connectivity index (χ0v) is 20.2. The molecule has 0 amide bonds. The van der Waals surface area contributed by atoms with E-state index in [4.69, 9.17) is 51.4 Å². The monoisotopic (exact) mass is 508 g/mol. The third-order valence-electron chi connectivity index (χ3n) is 5.29. The Morgan fingerprint density at radius 3 is 1.76 bits per heavy atom. The van der Waals surface area contributed by atoms with Gasteiger partial charge in [-0.25, -0.2) is 4.98 Å². The van der Waals surface area contributed by atoms with Crippen LogP contribution in [0.4, 0.5) is 0 Å². The lowest BCUT2D eigenvalue weighted by Crippen LogP contribution is -2.01. The van der Waals surface area contributed by atoms with Crippen molar-refractivity contribution in [3.8, 4) is 39.6 Å². The van der Waals surface area contributed by atoms with Crippen molar-refractivity contribution in [2.24, 2.45) is 0 Å². The first-order valence-corrected chi connectivity index (χ1v) is 11.7. The SMILES string of the molecule is Clc1ccc(-c2nc(-c3ccccc3)c(-c3ccccc3)n2-c2ccc(Cl)cc2Cl)c(Cl)c1. The zero-order chi connectivity index (χ0) is 22.9. The summed E-state index contributed by atoms with van der Waals surface area (Å²) in [5, 5.41) is 2.11. The summed E-state index contributed by atoms with van der Waals surface area (Å²) in [5.74, 6) is 0.651. The van der Waals surface area contributed by atoms with E-state index in [0.29, 0.717) is 25.9 Å². The third-order valence-corrected chi connectivity index (χ3v) is 6.38. The molecule has 6 heteroatoms. The lowest BCUT2D eigenvalue weighted by atomic mass is 10.0. The first kappa shape index (κ1) is 22.1. The number of rotatable bonds is 4. The molecule has 0 bridgehead atoms. The van der Waals surface area contributed by atoms with Gasteiger partial charge < -0.3 is 0 Å². The summed E-state index contributed by atoms with van der Waals surface area (Å²) in [4.78, 5) is 5.10. The molecule has 1 heterocycles. The van der Waals surface area contributed by atoms with Crippen LogP contribution in [0.1, 0.15) is 0 Å². The highest BCUT2D eigenvalue weighted by Gasteiger charge is 2.24. The molecule has 0 saturated carbocycles. The van der Waals surface area contributed by atoms with E-state index in [0.717, 1.165) is 33.8 Å². The Morgan fingerprint density at radius 2 is 1.15 bits per heavy atom. The summed E-state index contributed by atoms with van der Waals surface area (Å²) in [6.07, 6.45) is 0. The van der Waals surface area contributed by atoms with Gasteiger partial charge in [-0.05, 0) is 36.4 Å². The third kappa shape index (κ3) is 4.28. The van der Waals surface area contributed by atoms with E-state index in [2.05, 4.69) is 12.1 Å². The standard InChI is InChI=1S/C27H16Cl4N2/c28-19-11-13-21(22(30)15-19)27-32-25(17-7-3-1-4-8-17)26(18-9-5-2-6-10-18)33(27)24-14-12-20(29)16-23(24)31/h1-16H. The van der Waals surface area contributed by atoms with Gasteiger partial charge in [-0.2, -0.15) is 0 Å². The molecule has 0 spiro atoms. The molecule has 33 heavy (non-hydrogen) atoms. The van der Waals surface area contributed by atoms with Gasteiger partial charge in [-0.15, -0.1) is 0 Å². The van der Waals surface area contributed by atoms with E-state index in [-0.39, 0.29) is 0 Å². The van der Waals surface area contributed by atoms with Crippen molar-refractivity contribution in [1.82, 2.24) is 9.55 Å². The summed E-state index contributed by atoms with van der Waals surface area (Å²) in [5.41, 5.74) is 5.17. The minimum Gasteiger partial charge on any atom is -0.290 e. The average Bonchev–Trinajstić information content (AvgIpc) is 3.20. The van der Waals surface area contributed by atoms with Gasteiger partial charge in [0.2, 0.25) is 0 Å². The molecule has 0 unspecified atom stereocenters. The minimum atomic E-state index is 0.498. The highest BCUT2D eigenvalue weighted by atomic mass is 35.5. The van der Waals surface area contributed by atoms with Crippen molar-refractivity contribution < 1.29 is 0 Å². The summed E-state index contributed by atoms with van der Waals surface area (Å²) >= 11 is 25.8. The second-order valence-electron chi connectivity index (χ2n) is 7.42. The number of benzene rings is 4. The van der Waals surface area contributed by atoms with E-state index in [1.54, 1.807) is 18.2 Å². The Bertz CT molecular complexity index is 1440. The first-order valence-electron chi connectivity index (χ1n) is 10.2. The van der Waals surface area contributed by atoms with Crippen LogP contribution in [0, 0.1) is 0 Å². The second kappa shape index (κ2) is 9.24. The molecule has 0 saturated heterocycles. The van der Waals surface area contributed by atoms with Crippen molar-refractivity contribution in [2.75, 3.05) is 0 Å². The molecule has 0 atom stereocenters. The Kier molecular flexibility index (Phi) is 6.18. The summed E-state index contributed by atoms with van der Waals surface area (Å²) in [7, 11) is 0. The molecule has 0 radical (unpaired) electrons. The molecule has 0 aliphatic carbocycles. The van der Waals surface area contributed by atoms with E-state index in [1.165, 1.54) is 0 Å². The van der Waals surface area contributed by atoms with Crippen LogP contribution < -0.4 is 0 Å². The maximum absolute atomic E-state index is 6.72. The maximum Gasteiger partial charge on any atom is 0.147 e. The average molecular weight is 510 g/mol. The Morgan fingerprint density at radius 1 is 0.576 bits per heavy atom. The number of aromatic nitrogens is 2. The lowest BCUT2D eigenvalue weighted by molar-refractivity contribution is 1.07. The van der Waals surface area contributed by atoms with E-state index < -0.39 is 0 Å². The first-order chi connectivity index (χ1) is 16.0. The lowest BCUT2D eigenvalue weighted by Gasteiger charge is -2.16. The number of imidazole rings is 1. The fraction of sp³-hybridized carbons (Fsp3) is 0. The molecule has 5 aromatic rings. The predicted molar refractivity (Wildman–Crippen MR) is 140 cm³/mol. The molecule has 1 aromatic heterocycles. The summed E-state index contributed by atoms with van der Waals surface area (Å²) in [6, 6.07) is 30.9.